The first-order valence-electron chi connectivity index (χ1n) is 20.1. The summed E-state index contributed by atoms with van der Waals surface area (Å²) in [6.07, 6.45) is 2.42. The Bertz CT molecular complexity index is 1150. The van der Waals surface area contributed by atoms with E-state index in [0.717, 1.165) is 0 Å². The molecule has 15 nitrogen and oxygen atoms in total. The van der Waals surface area contributed by atoms with Crippen molar-refractivity contribution in [3.63, 3.8) is 0 Å². The SMILES string of the molecule is CCCC(=O)C(C(=O)[O-])(C(=O)CCC)C(=O)CCC.CCCC(=O)C(C(=O)[O-])(C(=O)CCC)C(=O)CCC.CCCC(=O)C(C(=O)[O-])(C(=O)CCC)C(=O)CCC.[Al+3]. The third-order valence-electron chi connectivity index (χ3n) is 8.98. The number of Topliss-reactive ketones (excluding diaryl/α,β-unsaturated/α-hetero) is 9. The number of hydrogen-bond acceptors (Lipinski definition) is 15. The van der Waals surface area contributed by atoms with Crippen LogP contribution in [0.3, 0.4) is 0 Å². The number of carboxylic acid groups (broad SMARTS) is 3. The average Bonchev–Trinajstić information content (AvgIpc) is 3.10. The van der Waals surface area contributed by atoms with Gasteiger partial charge in [-0.2, -0.15) is 0 Å². The van der Waals surface area contributed by atoms with E-state index in [-0.39, 0.29) is 75.1 Å². The van der Waals surface area contributed by atoms with E-state index in [1.54, 1.807) is 62.3 Å². The van der Waals surface area contributed by atoms with Crippen LogP contribution in [0.25, 0.3) is 0 Å². The zero-order chi connectivity index (χ0) is 45.2. The monoisotopic (exact) mass is 834 g/mol. The molecular weight excluding hydrogens is 771 g/mol. The van der Waals surface area contributed by atoms with Crippen LogP contribution in [0.15, 0.2) is 0 Å². The number of carbonyl (C=O) groups excluding carboxylic acids is 12. The van der Waals surface area contributed by atoms with Crippen molar-refractivity contribution in [1.29, 1.82) is 0 Å². The summed E-state index contributed by atoms with van der Waals surface area (Å²) in [5, 5.41) is 34.2. The third-order valence-corrected chi connectivity index (χ3v) is 8.98. The van der Waals surface area contributed by atoms with Crippen molar-refractivity contribution in [2.24, 2.45) is 16.2 Å². The van der Waals surface area contributed by atoms with E-state index in [1.807, 2.05) is 0 Å². The number of aliphatic carboxylic acids is 3. The fourth-order valence-electron chi connectivity index (χ4n) is 6.16. The summed E-state index contributed by atoms with van der Waals surface area (Å²) in [5.74, 6) is -13.2. The zero-order valence-electron chi connectivity index (χ0n) is 35.9. The van der Waals surface area contributed by atoms with Crippen LogP contribution in [0, 0.1) is 16.2 Å². The van der Waals surface area contributed by atoms with Crippen molar-refractivity contribution in [2.45, 2.75) is 178 Å². The number of ketones is 9. The minimum absolute atomic E-state index is 0. The molecule has 0 aromatic rings. The van der Waals surface area contributed by atoms with E-state index in [1.165, 1.54) is 0 Å². The molecule has 0 rings (SSSR count). The first-order chi connectivity index (χ1) is 26.7. The van der Waals surface area contributed by atoms with E-state index < -0.39 is 86.2 Å². The molecule has 0 aromatic heterocycles. The van der Waals surface area contributed by atoms with Crippen LogP contribution >= 0.6 is 0 Å². The summed E-state index contributed by atoms with van der Waals surface area (Å²) in [6.45, 7) is 15.2. The van der Waals surface area contributed by atoms with Gasteiger partial charge in [0.05, 0.1) is 17.9 Å². The van der Waals surface area contributed by atoms with Crippen LogP contribution in [-0.2, 0) is 57.5 Å². The van der Waals surface area contributed by atoms with Gasteiger partial charge in [0.1, 0.15) is 0 Å². The number of hydrogen-bond donors (Lipinski definition) is 0. The minimum atomic E-state index is -2.58. The second kappa shape index (κ2) is 31.0. The Hall–Kier alpha value is -4.03. The molecule has 58 heavy (non-hydrogen) atoms. The van der Waals surface area contributed by atoms with Crippen molar-refractivity contribution in [3.05, 3.63) is 0 Å². The molecule has 16 heteroatoms. The Morgan fingerprint density at radius 1 is 0.259 bits per heavy atom. The van der Waals surface area contributed by atoms with Crippen LogP contribution < -0.4 is 15.3 Å². The second-order valence-electron chi connectivity index (χ2n) is 13.7. The molecule has 0 bridgehead atoms. The molecule has 0 unspecified atom stereocenters. The largest absolute Gasteiger partial charge is 3.00 e. The summed E-state index contributed by atoms with van der Waals surface area (Å²) >= 11 is 0. The minimum Gasteiger partial charge on any atom is -0.548 e. The van der Waals surface area contributed by atoms with Crippen molar-refractivity contribution in [1.82, 2.24) is 0 Å². The maximum atomic E-state index is 12.1. The standard InChI is InChI=1S/3C14H22O5.Al/c3*1-4-7-10(15)14(13(18)19,11(16)8-5-2)12(17)9-6-3;/h3*4-9H2,1-3H3,(H,18,19);/q;;;+3/p-3. The van der Waals surface area contributed by atoms with Gasteiger partial charge in [0.25, 0.3) is 0 Å². The maximum absolute atomic E-state index is 12.1. The van der Waals surface area contributed by atoms with Crippen LogP contribution in [0.4, 0.5) is 0 Å². The van der Waals surface area contributed by atoms with Crippen molar-refractivity contribution >= 4 is 87.3 Å². The van der Waals surface area contributed by atoms with Gasteiger partial charge in [-0.25, -0.2) is 0 Å². The molecule has 324 valence electrons. The fourth-order valence-corrected chi connectivity index (χ4v) is 6.16. The molecule has 0 N–H and O–H groups in total. The van der Waals surface area contributed by atoms with E-state index in [4.69, 9.17) is 0 Å². The van der Waals surface area contributed by atoms with E-state index in [0.29, 0.717) is 57.8 Å². The van der Waals surface area contributed by atoms with Gasteiger partial charge < -0.3 is 29.7 Å². The molecule has 0 fully saturated rings. The quantitative estimate of drug-likeness (QED) is 0.0740. The molecule has 0 saturated heterocycles. The Balaban J connectivity index is -0.000000374. The molecule has 0 spiro atoms. The third kappa shape index (κ3) is 15.0. The topological polar surface area (TPSA) is 274 Å². The Kier molecular flexibility index (Phi) is 32.4. The van der Waals surface area contributed by atoms with Gasteiger partial charge in [-0.05, 0) is 57.8 Å². The molecule has 0 aliphatic heterocycles. The van der Waals surface area contributed by atoms with E-state index >= 15 is 0 Å². The Labute approximate surface area is 353 Å². The molecule has 0 radical (unpaired) electrons. The van der Waals surface area contributed by atoms with Crippen LogP contribution in [0.2, 0.25) is 0 Å². The average molecular weight is 835 g/mol. The van der Waals surface area contributed by atoms with E-state index in [2.05, 4.69) is 0 Å². The normalized spacial score (nSPS) is 10.9. The first-order valence-corrected chi connectivity index (χ1v) is 20.1. The predicted octanol–water partition coefficient (Wildman–Crippen LogP) is 2.11. The summed E-state index contributed by atoms with van der Waals surface area (Å²) < 4.78 is 0. The van der Waals surface area contributed by atoms with Crippen LogP contribution in [0.1, 0.15) is 178 Å². The van der Waals surface area contributed by atoms with Gasteiger partial charge in [-0.1, -0.05) is 62.3 Å². The van der Waals surface area contributed by atoms with Crippen molar-refractivity contribution in [2.75, 3.05) is 0 Å². The molecular formula is C42H63AlO15. The van der Waals surface area contributed by atoms with Gasteiger partial charge >= 0.3 is 17.4 Å². The summed E-state index contributed by atoms with van der Waals surface area (Å²) in [4.78, 5) is 143. The number of carbonyl (C=O) groups is 12. The Morgan fingerprint density at radius 2 is 0.345 bits per heavy atom. The smallest absolute Gasteiger partial charge is 0.548 e. The van der Waals surface area contributed by atoms with Gasteiger partial charge in [-0.15, -0.1) is 0 Å². The van der Waals surface area contributed by atoms with Crippen molar-refractivity contribution < 1.29 is 72.9 Å². The van der Waals surface area contributed by atoms with Gasteiger partial charge in [0.2, 0.25) is 0 Å². The zero-order valence-corrected chi connectivity index (χ0v) is 37.1. The Morgan fingerprint density at radius 3 is 0.397 bits per heavy atom. The molecule has 0 amide bonds. The van der Waals surface area contributed by atoms with Crippen LogP contribution in [0.5, 0.6) is 0 Å². The predicted molar refractivity (Wildman–Crippen MR) is 207 cm³/mol. The number of rotatable bonds is 30. The van der Waals surface area contributed by atoms with Crippen molar-refractivity contribution in [3.8, 4) is 0 Å². The van der Waals surface area contributed by atoms with E-state index in [9.17, 15) is 72.9 Å². The molecule has 0 heterocycles. The molecule has 0 aliphatic carbocycles. The van der Waals surface area contributed by atoms with Gasteiger partial charge in [0.15, 0.2) is 68.3 Å². The van der Waals surface area contributed by atoms with Gasteiger partial charge in [-0.3, -0.25) is 43.2 Å². The summed E-state index contributed by atoms with van der Waals surface area (Å²) in [5.41, 5.74) is -7.74. The van der Waals surface area contributed by atoms with Crippen LogP contribution in [-0.4, -0.2) is 87.3 Å². The molecule has 0 atom stereocenters. The van der Waals surface area contributed by atoms with Gasteiger partial charge in [0, 0.05) is 57.8 Å². The molecule has 0 aromatic carbocycles. The number of carboxylic acids is 3. The second-order valence-corrected chi connectivity index (χ2v) is 13.7. The molecule has 0 saturated carbocycles. The maximum Gasteiger partial charge on any atom is 3.00 e. The summed E-state index contributed by atoms with van der Waals surface area (Å²) in [7, 11) is 0. The molecule has 0 aliphatic rings. The summed E-state index contributed by atoms with van der Waals surface area (Å²) in [6, 6.07) is 0. The first kappa shape index (κ1) is 60.6. The fraction of sp³-hybridized carbons (Fsp3) is 0.714.